The summed E-state index contributed by atoms with van der Waals surface area (Å²) in [6.07, 6.45) is 5.38. The molecule has 0 atom stereocenters. The van der Waals surface area contributed by atoms with E-state index < -0.39 is 0 Å². The molecule has 138 valence electrons. The van der Waals surface area contributed by atoms with Gasteiger partial charge in [-0.25, -0.2) is 9.97 Å². The van der Waals surface area contributed by atoms with Crippen LogP contribution < -0.4 is 4.90 Å². The van der Waals surface area contributed by atoms with Crippen LogP contribution in [0.4, 0.5) is 5.82 Å². The Hall–Kier alpha value is -2.15. The average Bonchev–Trinajstić information content (AvgIpc) is 2.67. The van der Waals surface area contributed by atoms with Gasteiger partial charge in [-0.2, -0.15) is 11.8 Å². The third kappa shape index (κ3) is 4.15. The second kappa shape index (κ2) is 8.49. The van der Waals surface area contributed by atoms with E-state index in [1.807, 2.05) is 36.0 Å². The van der Waals surface area contributed by atoms with Crippen LogP contribution in [-0.4, -0.2) is 57.9 Å². The first-order chi connectivity index (χ1) is 12.6. The molecule has 0 bridgehead atoms. The topological polar surface area (TPSA) is 62.2 Å². The highest BCUT2D eigenvalue weighted by Gasteiger charge is 2.26. The largest absolute Gasteiger partial charge is 0.362 e. The van der Waals surface area contributed by atoms with Gasteiger partial charge in [0.1, 0.15) is 5.82 Å². The lowest BCUT2D eigenvalue weighted by Gasteiger charge is -2.30. The molecule has 7 heteroatoms. The first-order valence-electron chi connectivity index (χ1n) is 8.93. The van der Waals surface area contributed by atoms with E-state index >= 15 is 0 Å². The highest BCUT2D eigenvalue weighted by Crippen LogP contribution is 2.28. The van der Waals surface area contributed by atoms with Crippen molar-refractivity contribution in [2.24, 2.45) is 0 Å². The Morgan fingerprint density at radius 1 is 1.27 bits per heavy atom. The summed E-state index contributed by atoms with van der Waals surface area (Å²) in [5, 5.41) is 0. The molecule has 0 spiro atoms. The normalized spacial score (nSPS) is 13.4. The summed E-state index contributed by atoms with van der Waals surface area (Å²) in [5.41, 5.74) is 3.04. The van der Waals surface area contributed by atoms with Gasteiger partial charge in [-0.15, -0.1) is 0 Å². The van der Waals surface area contributed by atoms with Crippen LogP contribution in [0.3, 0.4) is 0 Å². The number of pyridine rings is 1. The number of carbonyl (C=O) groups excluding carboxylic acids is 1. The van der Waals surface area contributed by atoms with Crippen molar-refractivity contribution in [3.05, 3.63) is 35.8 Å². The zero-order chi connectivity index (χ0) is 18.5. The molecule has 0 aliphatic carbocycles. The first kappa shape index (κ1) is 18.6. The third-order valence-corrected chi connectivity index (χ3v) is 5.48. The molecule has 26 heavy (non-hydrogen) atoms. The van der Waals surface area contributed by atoms with Crippen LogP contribution in [0.5, 0.6) is 0 Å². The van der Waals surface area contributed by atoms with E-state index in [9.17, 15) is 4.79 Å². The summed E-state index contributed by atoms with van der Waals surface area (Å²) < 4.78 is 0. The minimum Gasteiger partial charge on any atom is -0.362 e. The van der Waals surface area contributed by atoms with Gasteiger partial charge >= 0.3 is 0 Å². The number of fused-ring (bicyclic) bond motifs is 1. The van der Waals surface area contributed by atoms with E-state index in [-0.39, 0.29) is 5.91 Å². The minimum atomic E-state index is 0.199. The molecule has 6 nitrogen and oxygen atoms in total. The zero-order valence-electron chi connectivity index (χ0n) is 15.6. The highest BCUT2D eigenvalue weighted by molar-refractivity contribution is 7.99. The molecule has 0 unspecified atom stereocenters. The van der Waals surface area contributed by atoms with Crippen molar-refractivity contribution in [1.82, 2.24) is 19.9 Å². The molecule has 1 aliphatic rings. The monoisotopic (exact) mass is 371 g/mol. The smallest absolute Gasteiger partial charge is 0.232 e. The summed E-state index contributed by atoms with van der Waals surface area (Å²) in [6.45, 7) is 3.43. The van der Waals surface area contributed by atoms with Gasteiger partial charge in [-0.1, -0.05) is 6.92 Å². The Labute approximate surface area is 159 Å². The minimum absolute atomic E-state index is 0.199. The molecular formula is C19H25N5OS. The molecule has 1 amide bonds. The maximum atomic E-state index is 12.5. The van der Waals surface area contributed by atoms with Gasteiger partial charge in [0, 0.05) is 44.2 Å². The van der Waals surface area contributed by atoms with E-state index in [1.54, 1.807) is 24.2 Å². The number of carbonyl (C=O) groups is 1. The fourth-order valence-corrected chi connectivity index (χ4v) is 3.81. The Morgan fingerprint density at radius 2 is 2.04 bits per heavy atom. The number of hydrogen-bond donors (Lipinski definition) is 0. The van der Waals surface area contributed by atoms with Crippen LogP contribution in [0.1, 0.15) is 24.6 Å². The number of hydrogen-bond acceptors (Lipinski definition) is 6. The van der Waals surface area contributed by atoms with Crippen molar-refractivity contribution in [2.75, 3.05) is 37.0 Å². The molecule has 0 N–H and O–H groups in total. The van der Waals surface area contributed by atoms with Crippen LogP contribution in [-0.2, 0) is 17.8 Å². The average molecular weight is 372 g/mol. The standard InChI is InChI=1S/C19H25N5OS/c1-4-11-26-13-17(25)24-10-7-15-16(12-24)21-18(22-19(15)23(2)3)14-5-8-20-9-6-14/h5-6,8-9H,4,7,10-13H2,1-3H3. The summed E-state index contributed by atoms with van der Waals surface area (Å²) in [6, 6.07) is 3.82. The van der Waals surface area contributed by atoms with E-state index in [0.29, 0.717) is 18.1 Å². The maximum absolute atomic E-state index is 12.5. The molecular weight excluding hydrogens is 346 g/mol. The maximum Gasteiger partial charge on any atom is 0.232 e. The van der Waals surface area contributed by atoms with E-state index in [2.05, 4.69) is 11.9 Å². The van der Waals surface area contributed by atoms with Crippen molar-refractivity contribution < 1.29 is 4.79 Å². The predicted octanol–water partition coefficient (Wildman–Crippen LogP) is 2.63. The molecule has 3 rings (SSSR count). The van der Waals surface area contributed by atoms with E-state index in [1.165, 1.54) is 0 Å². The molecule has 0 radical (unpaired) electrons. The highest BCUT2D eigenvalue weighted by atomic mass is 32.2. The molecule has 3 heterocycles. The number of nitrogens with zero attached hydrogens (tertiary/aromatic N) is 5. The third-order valence-electron chi connectivity index (χ3n) is 4.33. The second-order valence-corrected chi connectivity index (χ2v) is 7.65. The van der Waals surface area contributed by atoms with Crippen LogP contribution >= 0.6 is 11.8 Å². The van der Waals surface area contributed by atoms with Crippen molar-refractivity contribution in [3.8, 4) is 11.4 Å². The summed E-state index contributed by atoms with van der Waals surface area (Å²) in [5.74, 6) is 3.39. The summed E-state index contributed by atoms with van der Waals surface area (Å²) in [4.78, 5) is 30.1. The van der Waals surface area contributed by atoms with Gasteiger partial charge in [0.25, 0.3) is 0 Å². The molecule has 0 fully saturated rings. The number of rotatable bonds is 6. The molecule has 2 aromatic heterocycles. The number of aromatic nitrogens is 3. The van der Waals surface area contributed by atoms with Gasteiger partial charge in [0.15, 0.2) is 5.82 Å². The van der Waals surface area contributed by atoms with Gasteiger partial charge in [-0.05, 0) is 30.7 Å². The fraction of sp³-hybridized carbons (Fsp3) is 0.474. The van der Waals surface area contributed by atoms with Crippen LogP contribution in [0.2, 0.25) is 0 Å². The van der Waals surface area contributed by atoms with E-state index in [0.717, 1.165) is 47.8 Å². The second-order valence-electron chi connectivity index (χ2n) is 6.54. The summed E-state index contributed by atoms with van der Waals surface area (Å²) >= 11 is 1.71. The predicted molar refractivity (Wildman–Crippen MR) is 106 cm³/mol. The lowest BCUT2D eigenvalue weighted by Crippen LogP contribution is -2.38. The molecule has 2 aromatic rings. The molecule has 0 saturated carbocycles. The van der Waals surface area contributed by atoms with Crippen molar-refractivity contribution >= 4 is 23.5 Å². The van der Waals surface area contributed by atoms with Crippen molar-refractivity contribution in [2.45, 2.75) is 26.3 Å². The Morgan fingerprint density at radius 3 is 2.73 bits per heavy atom. The van der Waals surface area contributed by atoms with Gasteiger partial charge in [0.05, 0.1) is 18.0 Å². The number of thioether (sulfide) groups is 1. The Bertz CT molecular complexity index is 766. The Balaban J connectivity index is 1.88. The van der Waals surface area contributed by atoms with Crippen molar-refractivity contribution in [3.63, 3.8) is 0 Å². The zero-order valence-corrected chi connectivity index (χ0v) is 16.4. The van der Waals surface area contributed by atoms with Crippen molar-refractivity contribution in [1.29, 1.82) is 0 Å². The lowest BCUT2D eigenvalue weighted by atomic mass is 10.0. The van der Waals surface area contributed by atoms with Crippen LogP contribution in [0.25, 0.3) is 11.4 Å². The molecule has 0 aromatic carbocycles. The van der Waals surface area contributed by atoms with Gasteiger partial charge in [0.2, 0.25) is 5.91 Å². The fourth-order valence-electron chi connectivity index (χ4n) is 3.02. The van der Waals surface area contributed by atoms with Crippen LogP contribution in [0, 0.1) is 0 Å². The quantitative estimate of drug-likeness (QED) is 0.728. The van der Waals surface area contributed by atoms with E-state index in [4.69, 9.17) is 9.97 Å². The van der Waals surface area contributed by atoms with Gasteiger partial charge < -0.3 is 9.80 Å². The summed E-state index contributed by atoms with van der Waals surface area (Å²) in [7, 11) is 4.00. The SMILES string of the molecule is CCCSCC(=O)N1CCc2c(nc(-c3ccncc3)nc2N(C)C)C1. The Kier molecular flexibility index (Phi) is 6.08. The first-order valence-corrected chi connectivity index (χ1v) is 10.1. The van der Waals surface area contributed by atoms with Gasteiger partial charge in [-0.3, -0.25) is 9.78 Å². The van der Waals surface area contributed by atoms with Crippen LogP contribution in [0.15, 0.2) is 24.5 Å². The molecule has 0 saturated heterocycles. The lowest BCUT2D eigenvalue weighted by molar-refractivity contribution is -0.129. The number of amides is 1. The molecule has 1 aliphatic heterocycles. The number of anilines is 1.